The van der Waals surface area contributed by atoms with Crippen molar-refractivity contribution < 1.29 is 9.13 Å². The predicted octanol–water partition coefficient (Wildman–Crippen LogP) is 1.79. The number of nitrogens with two attached hydrogens (primary N) is 1. The summed E-state index contributed by atoms with van der Waals surface area (Å²) in [6.45, 7) is 1.14. The Hall–Kier alpha value is -0.930. The molecule has 0 spiro atoms. The largest absolute Gasteiger partial charge is 0.379 e. The first-order chi connectivity index (χ1) is 6.72. The first-order valence-corrected chi connectivity index (χ1v) is 4.84. The van der Waals surface area contributed by atoms with Gasteiger partial charge in [0.15, 0.2) is 0 Å². The Bertz CT molecular complexity index is 321. The maximum atomic E-state index is 13.5. The molecule has 0 aromatic heterocycles. The van der Waals surface area contributed by atoms with Crippen molar-refractivity contribution in [1.29, 1.82) is 0 Å². The van der Waals surface area contributed by atoms with Gasteiger partial charge < -0.3 is 10.5 Å². The normalized spacial score (nSPS) is 27.6. The second kappa shape index (κ2) is 3.67. The zero-order valence-corrected chi connectivity index (χ0v) is 8.00. The van der Waals surface area contributed by atoms with Crippen molar-refractivity contribution in [3.8, 4) is 0 Å². The summed E-state index contributed by atoms with van der Waals surface area (Å²) in [5.74, 6) is -0.236. The van der Waals surface area contributed by atoms with E-state index in [-0.39, 0.29) is 5.82 Å². The summed E-state index contributed by atoms with van der Waals surface area (Å²) in [6, 6.07) is 6.66. The maximum absolute atomic E-state index is 13.5. The van der Waals surface area contributed by atoms with Crippen LogP contribution in [0.25, 0.3) is 0 Å². The lowest BCUT2D eigenvalue weighted by molar-refractivity contribution is 0.0352. The van der Waals surface area contributed by atoms with Gasteiger partial charge in [-0.15, -0.1) is 0 Å². The van der Waals surface area contributed by atoms with Crippen molar-refractivity contribution in [2.24, 2.45) is 5.73 Å². The quantitative estimate of drug-likeness (QED) is 0.741. The van der Waals surface area contributed by atoms with E-state index in [1.165, 1.54) is 6.07 Å². The van der Waals surface area contributed by atoms with Crippen LogP contribution >= 0.6 is 0 Å². The summed E-state index contributed by atoms with van der Waals surface area (Å²) in [7, 11) is 0. The van der Waals surface area contributed by atoms with E-state index in [4.69, 9.17) is 10.5 Å². The van der Waals surface area contributed by atoms with Crippen LogP contribution in [0.3, 0.4) is 0 Å². The molecule has 1 fully saturated rings. The van der Waals surface area contributed by atoms with Crippen molar-refractivity contribution >= 4 is 0 Å². The first kappa shape index (κ1) is 9.62. The van der Waals surface area contributed by atoms with Crippen molar-refractivity contribution in [3.63, 3.8) is 0 Å². The van der Waals surface area contributed by atoms with Gasteiger partial charge in [0, 0.05) is 12.2 Å². The fraction of sp³-hybridized carbons (Fsp3) is 0.455. The van der Waals surface area contributed by atoms with Gasteiger partial charge in [-0.25, -0.2) is 4.39 Å². The molecule has 1 aromatic rings. The monoisotopic (exact) mass is 195 g/mol. The molecule has 3 heteroatoms. The highest BCUT2D eigenvalue weighted by molar-refractivity contribution is 5.26. The van der Waals surface area contributed by atoms with Gasteiger partial charge in [-0.2, -0.15) is 0 Å². The van der Waals surface area contributed by atoms with Crippen LogP contribution in [0.15, 0.2) is 24.3 Å². The Balaban J connectivity index is 2.32. The van der Waals surface area contributed by atoms with E-state index in [2.05, 4.69) is 0 Å². The van der Waals surface area contributed by atoms with Crippen molar-refractivity contribution in [2.75, 3.05) is 13.2 Å². The van der Waals surface area contributed by atoms with E-state index in [1.54, 1.807) is 12.1 Å². The van der Waals surface area contributed by atoms with Gasteiger partial charge in [0.25, 0.3) is 0 Å². The summed E-state index contributed by atoms with van der Waals surface area (Å²) in [5, 5.41) is 0. The number of halogens is 1. The van der Waals surface area contributed by atoms with Crippen molar-refractivity contribution in [1.82, 2.24) is 0 Å². The van der Waals surface area contributed by atoms with E-state index in [9.17, 15) is 4.39 Å². The van der Waals surface area contributed by atoms with Crippen LogP contribution in [0.5, 0.6) is 0 Å². The van der Waals surface area contributed by atoms with Gasteiger partial charge in [0.05, 0.1) is 12.1 Å². The average Bonchev–Trinajstić information content (AvgIpc) is 2.19. The van der Waals surface area contributed by atoms with E-state index in [0.717, 1.165) is 19.4 Å². The molecule has 1 aliphatic rings. The van der Waals surface area contributed by atoms with Gasteiger partial charge in [0.2, 0.25) is 0 Å². The second-order valence-electron chi connectivity index (χ2n) is 3.79. The molecule has 0 amide bonds. The van der Waals surface area contributed by atoms with Crippen LogP contribution in [0.4, 0.5) is 4.39 Å². The zero-order valence-electron chi connectivity index (χ0n) is 8.00. The summed E-state index contributed by atoms with van der Waals surface area (Å²) in [4.78, 5) is 0. The molecule has 1 aliphatic heterocycles. The molecule has 76 valence electrons. The molecule has 2 rings (SSSR count). The fourth-order valence-electron chi connectivity index (χ4n) is 1.89. The molecule has 0 radical (unpaired) electrons. The highest BCUT2D eigenvalue weighted by Gasteiger charge is 2.32. The molecule has 0 aliphatic carbocycles. The third-order valence-electron chi connectivity index (χ3n) is 2.68. The highest BCUT2D eigenvalue weighted by atomic mass is 19.1. The molecular formula is C11H14FNO. The Labute approximate surface area is 82.9 Å². The van der Waals surface area contributed by atoms with Crippen LogP contribution in [0, 0.1) is 5.82 Å². The minimum Gasteiger partial charge on any atom is -0.379 e. The Kier molecular flexibility index (Phi) is 2.52. The third-order valence-corrected chi connectivity index (χ3v) is 2.68. The number of rotatable bonds is 1. The summed E-state index contributed by atoms with van der Waals surface area (Å²) < 4.78 is 18.8. The van der Waals surface area contributed by atoms with E-state index in [1.807, 2.05) is 6.07 Å². The van der Waals surface area contributed by atoms with Crippen molar-refractivity contribution in [3.05, 3.63) is 35.6 Å². The standard InChI is InChI=1S/C11H14FNO/c12-10-5-2-1-4-9(10)11(13)6-3-7-14-8-11/h1-2,4-5H,3,6-8,13H2. The lowest BCUT2D eigenvalue weighted by Crippen LogP contribution is -2.45. The highest BCUT2D eigenvalue weighted by Crippen LogP contribution is 2.29. The Morgan fingerprint density at radius 2 is 2.14 bits per heavy atom. The molecule has 1 aromatic carbocycles. The molecule has 1 heterocycles. The maximum Gasteiger partial charge on any atom is 0.128 e. The molecule has 0 bridgehead atoms. The lowest BCUT2D eigenvalue weighted by Gasteiger charge is -2.33. The van der Waals surface area contributed by atoms with Crippen LogP contribution in [-0.2, 0) is 10.3 Å². The number of hydrogen-bond donors (Lipinski definition) is 1. The second-order valence-corrected chi connectivity index (χ2v) is 3.79. The topological polar surface area (TPSA) is 35.2 Å². The number of hydrogen-bond acceptors (Lipinski definition) is 2. The molecular weight excluding hydrogens is 181 g/mol. The Morgan fingerprint density at radius 1 is 1.36 bits per heavy atom. The van der Waals surface area contributed by atoms with Gasteiger partial charge in [0.1, 0.15) is 5.82 Å². The number of ether oxygens (including phenoxy) is 1. The molecule has 14 heavy (non-hydrogen) atoms. The molecule has 1 saturated heterocycles. The van der Waals surface area contributed by atoms with Gasteiger partial charge in [-0.1, -0.05) is 18.2 Å². The number of benzene rings is 1. The minimum absolute atomic E-state index is 0.236. The smallest absolute Gasteiger partial charge is 0.128 e. The summed E-state index contributed by atoms with van der Waals surface area (Å²) in [6.07, 6.45) is 1.68. The molecule has 2 nitrogen and oxygen atoms in total. The third kappa shape index (κ3) is 1.65. The van der Waals surface area contributed by atoms with Crippen LogP contribution in [0.1, 0.15) is 18.4 Å². The lowest BCUT2D eigenvalue weighted by atomic mass is 9.85. The van der Waals surface area contributed by atoms with Crippen molar-refractivity contribution in [2.45, 2.75) is 18.4 Å². The Morgan fingerprint density at radius 3 is 2.79 bits per heavy atom. The van der Waals surface area contributed by atoms with Crippen LogP contribution in [0.2, 0.25) is 0 Å². The summed E-state index contributed by atoms with van der Waals surface area (Å²) >= 11 is 0. The van der Waals surface area contributed by atoms with Crippen LogP contribution in [-0.4, -0.2) is 13.2 Å². The zero-order chi connectivity index (χ0) is 10.0. The minimum atomic E-state index is -0.635. The van der Waals surface area contributed by atoms with E-state index < -0.39 is 5.54 Å². The first-order valence-electron chi connectivity index (χ1n) is 4.84. The van der Waals surface area contributed by atoms with Gasteiger partial charge in [-0.3, -0.25) is 0 Å². The molecule has 1 atom stereocenters. The van der Waals surface area contributed by atoms with Gasteiger partial charge in [-0.05, 0) is 18.9 Å². The predicted molar refractivity (Wildman–Crippen MR) is 52.3 cm³/mol. The van der Waals surface area contributed by atoms with E-state index >= 15 is 0 Å². The SMILES string of the molecule is NC1(c2ccccc2F)CCCOC1. The average molecular weight is 195 g/mol. The van der Waals surface area contributed by atoms with Crippen LogP contribution < -0.4 is 5.73 Å². The molecule has 2 N–H and O–H groups in total. The fourth-order valence-corrected chi connectivity index (χ4v) is 1.89. The molecule has 1 unspecified atom stereocenters. The summed E-state index contributed by atoms with van der Waals surface area (Å²) in [5.41, 5.74) is 6.05. The molecule has 0 saturated carbocycles. The van der Waals surface area contributed by atoms with E-state index in [0.29, 0.717) is 12.2 Å². The van der Waals surface area contributed by atoms with Gasteiger partial charge >= 0.3 is 0 Å².